The summed E-state index contributed by atoms with van der Waals surface area (Å²) < 4.78 is 18.0. The van der Waals surface area contributed by atoms with Crippen LogP contribution in [-0.2, 0) is 6.54 Å². The predicted molar refractivity (Wildman–Crippen MR) is 81.6 cm³/mol. The summed E-state index contributed by atoms with van der Waals surface area (Å²) in [6.45, 7) is 0.281. The first-order valence-electron chi connectivity index (χ1n) is 6.87. The van der Waals surface area contributed by atoms with Crippen LogP contribution in [0.4, 0.5) is 15.9 Å². The zero-order valence-electron chi connectivity index (χ0n) is 12.0. The molecule has 2 aromatic heterocycles. The number of halogens is 1. The lowest BCUT2D eigenvalue weighted by atomic mass is 10.3. The van der Waals surface area contributed by atoms with Gasteiger partial charge in [0.05, 0.1) is 12.8 Å². The van der Waals surface area contributed by atoms with E-state index in [1.165, 1.54) is 18.4 Å². The highest BCUT2D eigenvalue weighted by Crippen LogP contribution is 2.14. The maximum absolute atomic E-state index is 12.8. The smallest absolute Gasteiger partial charge is 0.272 e. The summed E-state index contributed by atoms with van der Waals surface area (Å²) in [5, 5.41) is 13.4. The summed E-state index contributed by atoms with van der Waals surface area (Å²) in [5.74, 6) is 0.451. The molecule has 116 valence electrons. The van der Waals surface area contributed by atoms with E-state index in [9.17, 15) is 9.18 Å². The van der Waals surface area contributed by atoms with Crippen molar-refractivity contribution in [2.75, 3.05) is 5.32 Å². The molecule has 0 aliphatic rings. The van der Waals surface area contributed by atoms with Gasteiger partial charge in [-0.15, -0.1) is 10.2 Å². The molecule has 3 rings (SSSR count). The third kappa shape index (κ3) is 3.91. The molecule has 7 heteroatoms. The second-order valence-corrected chi connectivity index (χ2v) is 4.70. The molecule has 0 fully saturated rings. The monoisotopic (exact) mass is 312 g/mol. The maximum atomic E-state index is 12.8. The molecule has 1 amide bonds. The normalized spacial score (nSPS) is 10.3. The molecule has 0 bridgehead atoms. The quantitative estimate of drug-likeness (QED) is 0.757. The largest absolute Gasteiger partial charge is 0.467 e. The Labute approximate surface area is 131 Å². The van der Waals surface area contributed by atoms with Gasteiger partial charge in [0.15, 0.2) is 11.5 Å². The van der Waals surface area contributed by atoms with Crippen molar-refractivity contribution in [2.45, 2.75) is 6.54 Å². The number of nitrogens with zero attached hydrogens (tertiary/aromatic N) is 2. The van der Waals surface area contributed by atoms with E-state index in [-0.39, 0.29) is 24.0 Å². The van der Waals surface area contributed by atoms with Crippen LogP contribution in [0.25, 0.3) is 0 Å². The van der Waals surface area contributed by atoms with E-state index >= 15 is 0 Å². The zero-order valence-corrected chi connectivity index (χ0v) is 12.0. The van der Waals surface area contributed by atoms with Crippen LogP contribution in [0, 0.1) is 5.82 Å². The summed E-state index contributed by atoms with van der Waals surface area (Å²) in [4.78, 5) is 11.9. The van der Waals surface area contributed by atoms with Crippen LogP contribution >= 0.6 is 0 Å². The predicted octanol–water partition coefficient (Wildman–Crippen LogP) is 2.88. The molecular weight excluding hydrogens is 299 g/mol. The van der Waals surface area contributed by atoms with Gasteiger partial charge in [-0.05, 0) is 48.5 Å². The van der Waals surface area contributed by atoms with E-state index < -0.39 is 0 Å². The third-order valence-electron chi connectivity index (χ3n) is 3.02. The van der Waals surface area contributed by atoms with Gasteiger partial charge in [-0.2, -0.15) is 0 Å². The Kier molecular flexibility index (Phi) is 4.28. The number of carbonyl (C=O) groups excluding carboxylic acids is 1. The van der Waals surface area contributed by atoms with Crippen molar-refractivity contribution in [3.05, 3.63) is 72.1 Å². The molecule has 1 aromatic carbocycles. The Hall–Kier alpha value is -3.22. The number of aromatic nitrogens is 2. The number of carbonyl (C=O) groups is 1. The summed E-state index contributed by atoms with van der Waals surface area (Å²) in [6, 6.07) is 12.5. The fourth-order valence-corrected chi connectivity index (χ4v) is 1.87. The highest BCUT2D eigenvalue weighted by molar-refractivity contribution is 5.92. The Morgan fingerprint density at radius 1 is 1.09 bits per heavy atom. The minimum Gasteiger partial charge on any atom is -0.467 e. The lowest BCUT2D eigenvalue weighted by Gasteiger charge is -2.06. The van der Waals surface area contributed by atoms with Gasteiger partial charge in [0.2, 0.25) is 0 Å². The van der Waals surface area contributed by atoms with Gasteiger partial charge < -0.3 is 15.1 Å². The van der Waals surface area contributed by atoms with Crippen LogP contribution in [0.1, 0.15) is 16.2 Å². The molecule has 0 unspecified atom stereocenters. The number of nitrogens with one attached hydrogen (secondary N) is 2. The zero-order chi connectivity index (χ0) is 16.1. The number of rotatable bonds is 5. The van der Waals surface area contributed by atoms with Crippen molar-refractivity contribution < 1.29 is 13.6 Å². The van der Waals surface area contributed by atoms with E-state index in [0.717, 1.165) is 0 Å². The van der Waals surface area contributed by atoms with Crippen LogP contribution in [0.2, 0.25) is 0 Å². The summed E-state index contributed by atoms with van der Waals surface area (Å²) >= 11 is 0. The first-order valence-corrected chi connectivity index (χ1v) is 6.87. The van der Waals surface area contributed by atoms with Crippen molar-refractivity contribution in [2.24, 2.45) is 0 Å². The van der Waals surface area contributed by atoms with Gasteiger partial charge in [0.1, 0.15) is 11.6 Å². The lowest BCUT2D eigenvalue weighted by Crippen LogP contribution is -2.23. The lowest BCUT2D eigenvalue weighted by molar-refractivity contribution is 0.0942. The SMILES string of the molecule is O=C(NCc1ccco1)c1ccc(Nc2ccc(F)cc2)nn1. The van der Waals surface area contributed by atoms with E-state index in [4.69, 9.17) is 4.42 Å². The summed E-state index contributed by atoms with van der Waals surface area (Å²) in [5.41, 5.74) is 0.872. The van der Waals surface area contributed by atoms with Crippen molar-refractivity contribution in [3.8, 4) is 0 Å². The number of benzene rings is 1. The Bertz CT molecular complexity index is 771. The van der Waals surface area contributed by atoms with Crippen LogP contribution in [-0.4, -0.2) is 16.1 Å². The number of anilines is 2. The molecule has 0 aliphatic carbocycles. The Morgan fingerprint density at radius 3 is 2.57 bits per heavy atom. The first kappa shape index (κ1) is 14.7. The second kappa shape index (κ2) is 6.69. The molecule has 2 heterocycles. The van der Waals surface area contributed by atoms with Crippen LogP contribution in [0.3, 0.4) is 0 Å². The molecule has 0 radical (unpaired) electrons. The van der Waals surface area contributed by atoms with Gasteiger partial charge in [-0.3, -0.25) is 4.79 Å². The molecule has 0 spiro atoms. The Balaban J connectivity index is 1.59. The van der Waals surface area contributed by atoms with E-state index in [1.54, 1.807) is 36.4 Å². The highest BCUT2D eigenvalue weighted by atomic mass is 19.1. The van der Waals surface area contributed by atoms with Gasteiger partial charge in [-0.25, -0.2) is 4.39 Å². The van der Waals surface area contributed by atoms with Crippen molar-refractivity contribution >= 4 is 17.4 Å². The summed E-state index contributed by atoms with van der Waals surface area (Å²) in [6.07, 6.45) is 1.54. The molecule has 0 saturated carbocycles. The highest BCUT2D eigenvalue weighted by Gasteiger charge is 2.08. The average molecular weight is 312 g/mol. The van der Waals surface area contributed by atoms with E-state index in [1.807, 2.05) is 0 Å². The van der Waals surface area contributed by atoms with Crippen molar-refractivity contribution in [3.63, 3.8) is 0 Å². The van der Waals surface area contributed by atoms with Crippen molar-refractivity contribution in [1.82, 2.24) is 15.5 Å². The number of amides is 1. The molecule has 2 N–H and O–H groups in total. The second-order valence-electron chi connectivity index (χ2n) is 4.70. The molecule has 0 aliphatic heterocycles. The van der Waals surface area contributed by atoms with E-state index in [2.05, 4.69) is 20.8 Å². The minimum absolute atomic E-state index is 0.196. The van der Waals surface area contributed by atoms with Crippen LogP contribution in [0.15, 0.2) is 59.2 Å². The Morgan fingerprint density at radius 2 is 1.91 bits per heavy atom. The van der Waals surface area contributed by atoms with Gasteiger partial charge in [-0.1, -0.05) is 0 Å². The number of hydrogen-bond acceptors (Lipinski definition) is 5. The fraction of sp³-hybridized carbons (Fsp3) is 0.0625. The average Bonchev–Trinajstić information content (AvgIpc) is 3.09. The number of furan rings is 1. The van der Waals surface area contributed by atoms with Crippen molar-refractivity contribution in [1.29, 1.82) is 0 Å². The fourth-order valence-electron chi connectivity index (χ4n) is 1.87. The van der Waals surface area contributed by atoms with Gasteiger partial charge >= 0.3 is 0 Å². The molecule has 0 atom stereocenters. The molecule has 6 nitrogen and oxygen atoms in total. The van der Waals surface area contributed by atoms with Gasteiger partial charge in [0, 0.05) is 5.69 Å². The summed E-state index contributed by atoms with van der Waals surface area (Å²) in [7, 11) is 0. The molecule has 23 heavy (non-hydrogen) atoms. The standard InChI is InChI=1S/C16H13FN4O2/c17-11-3-5-12(6-4-11)19-15-8-7-14(20-21-15)16(22)18-10-13-2-1-9-23-13/h1-9H,10H2,(H,18,22)(H,19,21). The number of hydrogen-bond donors (Lipinski definition) is 2. The van der Waals surface area contributed by atoms with Gasteiger partial charge in [0.25, 0.3) is 5.91 Å². The van der Waals surface area contributed by atoms with E-state index in [0.29, 0.717) is 17.3 Å². The molecule has 3 aromatic rings. The minimum atomic E-state index is -0.345. The first-order chi connectivity index (χ1) is 11.2. The molecule has 0 saturated heterocycles. The van der Waals surface area contributed by atoms with Crippen LogP contribution in [0.5, 0.6) is 0 Å². The maximum Gasteiger partial charge on any atom is 0.272 e. The van der Waals surface area contributed by atoms with Crippen LogP contribution < -0.4 is 10.6 Å². The third-order valence-corrected chi connectivity index (χ3v) is 3.02. The topological polar surface area (TPSA) is 80.0 Å². The molecular formula is C16H13FN4O2.